The second-order valence-electron chi connectivity index (χ2n) is 6.71. The van der Waals surface area contributed by atoms with Crippen LogP contribution in [0.2, 0.25) is 5.02 Å². The fourth-order valence-corrected chi connectivity index (χ4v) is 3.22. The Kier molecular flexibility index (Phi) is 11.5. The van der Waals surface area contributed by atoms with E-state index in [1.807, 2.05) is 25.2 Å². The van der Waals surface area contributed by atoms with Crippen molar-refractivity contribution in [3.63, 3.8) is 0 Å². The molecule has 1 heterocycles. The third kappa shape index (κ3) is 9.11. The van der Waals surface area contributed by atoms with Crippen molar-refractivity contribution >= 4 is 41.5 Å². The zero-order valence-corrected chi connectivity index (χ0v) is 18.5. The van der Waals surface area contributed by atoms with Crippen LogP contribution in [0.1, 0.15) is 38.2 Å². The number of unbranched alkanes of at least 4 members (excludes halogenated alkanes) is 1. The third-order valence-electron chi connectivity index (χ3n) is 4.64. The van der Waals surface area contributed by atoms with E-state index < -0.39 is 0 Å². The second kappa shape index (κ2) is 12.8. The molecule has 0 unspecified atom stereocenters. The van der Waals surface area contributed by atoms with E-state index in [1.165, 1.54) is 45.3 Å². The highest BCUT2D eigenvalue weighted by atomic mass is 127. The van der Waals surface area contributed by atoms with Gasteiger partial charge in [-0.1, -0.05) is 30.7 Å². The van der Waals surface area contributed by atoms with Crippen LogP contribution in [0.4, 0.5) is 0 Å². The average Bonchev–Trinajstić information content (AvgIpc) is 2.59. The van der Waals surface area contributed by atoms with Crippen molar-refractivity contribution in [1.82, 2.24) is 15.5 Å². The first-order valence-electron chi connectivity index (χ1n) is 9.08. The average molecular weight is 479 g/mol. The summed E-state index contributed by atoms with van der Waals surface area (Å²) in [6.07, 6.45) is 5.13. The highest BCUT2D eigenvalue weighted by molar-refractivity contribution is 14.0. The number of benzene rings is 1. The molecule has 2 N–H and O–H groups in total. The number of nitrogens with zero attached hydrogens (tertiary/aromatic N) is 2. The van der Waals surface area contributed by atoms with Crippen LogP contribution in [0.15, 0.2) is 29.3 Å². The van der Waals surface area contributed by atoms with Crippen LogP contribution in [0.25, 0.3) is 0 Å². The molecule has 2 rings (SSSR count). The van der Waals surface area contributed by atoms with Gasteiger partial charge in [-0.05, 0) is 68.9 Å². The zero-order valence-electron chi connectivity index (χ0n) is 15.4. The second-order valence-corrected chi connectivity index (χ2v) is 7.15. The van der Waals surface area contributed by atoms with Gasteiger partial charge in [0.2, 0.25) is 0 Å². The van der Waals surface area contributed by atoms with E-state index in [1.54, 1.807) is 0 Å². The molecule has 0 bridgehead atoms. The summed E-state index contributed by atoms with van der Waals surface area (Å²) in [6.45, 7) is 7.83. The maximum absolute atomic E-state index is 6.01. The Morgan fingerprint density at radius 2 is 2.00 bits per heavy atom. The maximum atomic E-state index is 6.01. The topological polar surface area (TPSA) is 39.7 Å². The molecule has 0 amide bonds. The Morgan fingerprint density at radius 1 is 1.24 bits per heavy atom. The van der Waals surface area contributed by atoms with Gasteiger partial charge in [-0.25, -0.2) is 0 Å². The van der Waals surface area contributed by atoms with Gasteiger partial charge in [0.15, 0.2) is 5.96 Å². The van der Waals surface area contributed by atoms with Crippen LogP contribution in [0.3, 0.4) is 0 Å². The van der Waals surface area contributed by atoms with E-state index in [9.17, 15) is 0 Å². The standard InChI is InChI=1S/C19H31ClN4.HI/c1-16-8-12-24(13-9-16)11-4-3-10-22-19(21-2)23-15-17-6-5-7-18(20)14-17;/h5-7,14,16H,3-4,8-13,15H2,1-2H3,(H2,21,22,23);1H. The molecule has 1 aromatic rings. The first-order chi connectivity index (χ1) is 11.7. The Morgan fingerprint density at radius 3 is 2.68 bits per heavy atom. The highest BCUT2D eigenvalue weighted by Crippen LogP contribution is 2.16. The fraction of sp³-hybridized carbons (Fsp3) is 0.632. The summed E-state index contributed by atoms with van der Waals surface area (Å²) in [6, 6.07) is 7.89. The molecule has 0 saturated carbocycles. The van der Waals surface area contributed by atoms with Crippen LogP contribution < -0.4 is 10.6 Å². The lowest BCUT2D eigenvalue weighted by molar-refractivity contribution is 0.189. The minimum absolute atomic E-state index is 0. The number of piperidine rings is 1. The molecular formula is C19H32ClIN4. The SMILES string of the molecule is CN=C(NCCCCN1CCC(C)CC1)NCc1cccc(Cl)c1.I. The first-order valence-corrected chi connectivity index (χ1v) is 9.46. The summed E-state index contributed by atoms with van der Waals surface area (Å²) in [5, 5.41) is 7.48. The minimum atomic E-state index is 0. The number of halogens is 2. The normalized spacial score (nSPS) is 16.4. The predicted octanol–water partition coefficient (Wildman–Crippen LogP) is 4.14. The molecule has 4 nitrogen and oxygen atoms in total. The van der Waals surface area contributed by atoms with Gasteiger partial charge in [0.1, 0.15) is 0 Å². The lowest BCUT2D eigenvalue weighted by Gasteiger charge is -2.30. The molecule has 1 aliphatic rings. The van der Waals surface area contributed by atoms with Gasteiger partial charge in [0.05, 0.1) is 0 Å². The summed E-state index contributed by atoms with van der Waals surface area (Å²) in [5.41, 5.74) is 1.16. The Balaban J connectivity index is 0.00000312. The molecule has 0 aliphatic carbocycles. The summed E-state index contributed by atoms with van der Waals surface area (Å²) >= 11 is 6.01. The van der Waals surface area contributed by atoms with Gasteiger partial charge >= 0.3 is 0 Å². The summed E-state index contributed by atoms with van der Waals surface area (Å²) in [5.74, 6) is 1.76. The minimum Gasteiger partial charge on any atom is -0.356 e. The van der Waals surface area contributed by atoms with Crippen LogP contribution in [0, 0.1) is 5.92 Å². The van der Waals surface area contributed by atoms with Crippen LogP contribution in [-0.4, -0.2) is 44.1 Å². The lowest BCUT2D eigenvalue weighted by atomic mass is 9.99. The summed E-state index contributed by atoms with van der Waals surface area (Å²) in [4.78, 5) is 6.88. The fourth-order valence-electron chi connectivity index (χ4n) is 3.01. The zero-order chi connectivity index (χ0) is 17.2. The third-order valence-corrected chi connectivity index (χ3v) is 4.88. The van der Waals surface area contributed by atoms with E-state index in [-0.39, 0.29) is 24.0 Å². The Bertz CT molecular complexity index is 516. The molecule has 25 heavy (non-hydrogen) atoms. The van der Waals surface area contributed by atoms with Crippen LogP contribution >= 0.6 is 35.6 Å². The molecule has 1 fully saturated rings. The molecule has 0 aromatic heterocycles. The predicted molar refractivity (Wildman–Crippen MR) is 119 cm³/mol. The number of likely N-dealkylation sites (tertiary alicyclic amines) is 1. The van der Waals surface area contributed by atoms with E-state index >= 15 is 0 Å². The van der Waals surface area contributed by atoms with E-state index in [2.05, 4.69) is 33.5 Å². The van der Waals surface area contributed by atoms with E-state index in [0.717, 1.165) is 35.6 Å². The van der Waals surface area contributed by atoms with Gasteiger partial charge < -0.3 is 15.5 Å². The lowest BCUT2D eigenvalue weighted by Crippen LogP contribution is -2.38. The molecule has 1 aromatic carbocycles. The maximum Gasteiger partial charge on any atom is 0.191 e. The van der Waals surface area contributed by atoms with Crippen LogP contribution in [-0.2, 0) is 6.54 Å². The number of rotatable bonds is 7. The van der Waals surface area contributed by atoms with Crippen molar-refractivity contribution in [1.29, 1.82) is 0 Å². The van der Waals surface area contributed by atoms with Gasteiger partial charge in [-0.3, -0.25) is 4.99 Å². The number of guanidine groups is 1. The van der Waals surface area contributed by atoms with Crippen molar-refractivity contribution in [3.05, 3.63) is 34.9 Å². The number of hydrogen-bond donors (Lipinski definition) is 2. The number of hydrogen-bond acceptors (Lipinski definition) is 2. The van der Waals surface area contributed by atoms with Crippen molar-refractivity contribution in [3.8, 4) is 0 Å². The monoisotopic (exact) mass is 478 g/mol. The largest absolute Gasteiger partial charge is 0.356 e. The molecule has 0 atom stereocenters. The van der Waals surface area contributed by atoms with Crippen molar-refractivity contribution < 1.29 is 0 Å². The molecule has 6 heteroatoms. The van der Waals surface area contributed by atoms with Crippen LogP contribution in [0.5, 0.6) is 0 Å². The molecule has 0 spiro atoms. The van der Waals surface area contributed by atoms with Gasteiger partial charge in [-0.2, -0.15) is 0 Å². The highest BCUT2D eigenvalue weighted by Gasteiger charge is 2.14. The summed E-state index contributed by atoms with van der Waals surface area (Å²) < 4.78 is 0. The molecule has 0 radical (unpaired) electrons. The number of nitrogens with one attached hydrogen (secondary N) is 2. The molecule has 1 saturated heterocycles. The molecule has 142 valence electrons. The van der Waals surface area contributed by atoms with E-state index in [0.29, 0.717) is 0 Å². The Hall–Kier alpha value is -0.530. The quantitative estimate of drug-likeness (QED) is 0.268. The molecule has 1 aliphatic heterocycles. The first kappa shape index (κ1) is 22.5. The Labute approximate surface area is 174 Å². The van der Waals surface area contributed by atoms with E-state index in [4.69, 9.17) is 11.6 Å². The van der Waals surface area contributed by atoms with Gasteiger partial charge in [0, 0.05) is 25.2 Å². The van der Waals surface area contributed by atoms with Crippen molar-refractivity contribution in [2.24, 2.45) is 10.9 Å². The van der Waals surface area contributed by atoms with Crippen molar-refractivity contribution in [2.75, 3.05) is 33.2 Å². The van der Waals surface area contributed by atoms with Gasteiger partial charge in [0.25, 0.3) is 0 Å². The van der Waals surface area contributed by atoms with Gasteiger partial charge in [-0.15, -0.1) is 24.0 Å². The molecular weight excluding hydrogens is 447 g/mol. The number of aliphatic imine (C=N–C) groups is 1. The van der Waals surface area contributed by atoms with Crippen molar-refractivity contribution in [2.45, 2.75) is 39.2 Å². The summed E-state index contributed by atoms with van der Waals surface area (Å²) in [7, 11) is 1.81. The smallest absolute Gasteiger partial charge is 0.191 e.